The number of hydrogen-bond donors (Lipinski definition) is 2. The van der Waals surface area contributed by atoms with Crippen LogP contribution in [0.5, 0.6) is 0 Å². The number of nitrogens with zero attached hydrogens (tertiary/aromatic N) is 2. The SMILES string of the molecule is CCCCCCCNC(=O)Cc1noc([C@@H]2COC(=O)N2)n1. The van der Waals surface area contributed by atoms with Crippen molar-refractivity contribution in [2.45, 2.75) is 51.5 Å². The van der Waals surface area contributed by atoms with E-state index >= 15 is 0 Å². The first-order chi connectivity index (χ1) is 10.7. The molecule has 1 atom stereocenters. The van der Waals surface area contributed by atoms with E-state index in [9.17, 15) is 9.59 Å². The Hall–Kier alpha value is -2.12. The zero-order chi connectivity index (χ0) is 15.8. The maximum atomic E-state index is 11.8. The number of rotatable bonds is 9. The van der Waals surface area contributed by atoms with E-state index in [1.807, 2.05) is 0 Å². The average Bonchev–Trinajstić information content (AvgIpc) is 3.11. The smallest absolute Gasteiger partial charge is 0.407 e. The summed E-state index contributed by atoms with van der Waals surface area (Å²) in [5.41, 5.74) is 0. The number of nitrogens with one attached hydrogen (secondary N) is 2. The average molecular weight is 310 g/mol. The summed E-state index contributed by atoms with van der Waals surface area (Å²) in [6.07, 6.45) is 5.32. The highest BCUT2D eigenvalue weighted by Crippen LogP contribution is 2.15. The lowest BCUT2D eigenvalue weighted by molar-refractivity contribution is -0.120. The van der Waals surface area contributed by atoms with E-state index in [0.717, 1.165) is 12.8 Å². The van der Waals surface area contributed by atoms with Gasteiger partial charge in [-0.25, -0.2) is 4.79 Å². The van der Waals surface area contributed by atoms with E-state index in [1.165, 1.54) is 19.3 Å². The topological polar surface area (TPSA) is 106 Å². The molecular formula is C14H22N4O4. The fourth-order valence-corrected chi connectivity index (χ4v) is 2.16. The van der Waals surface area contributed by atoms with Crippen molar-refractivity contribution in [3.63, 3.8) is 0 Å². The summed E-state index contributed by atoms with van der Waals surface area (Å²) in [7, 11) is 0. The molecule has 0 spiro atoms. The van der Waals surface area contributed by atoms with Crippen molar-refractivity contribution in [2.24, 2.45) is 0 Å². The highest BCUT2D eigenvalue weighted by Gasteiger charge is 2.29. The maximum absolute atomic E-state index is 11.8. The summed E-state index contributed by atoms with van der Waals surface area (Å²) in [5, 5.41) is 9.12. The molecule has 2 rings (SSSR count). The second-order valence-electron chi connectivity index (χ2n) is 5.29. The largest absolute Gasteiger partial charge is 0.447 e. The number of carbonyl (C=O) groups excluding carboxylic acids is 2. The van der Waals surface area contributed by atoms with Crippen LogP contribution in [-0.4, -0.2) is 35.3 Å². The zero-order valence-electron chi connectivity index (χ0n) is 12.8. The summed E-state index contributed by atoms with van der Waals surface area (Å²) < 4.78 is 9.78. The monoisotopic (exact) mass is 310 g/mol. The third kappa shape index (κ3) is 5.01. The molecule has 1 saturated heterocycles. The molecule has 1 aliphatic rings. The second-order valence-corrected chi connectivity index (χ2v) is 5.29. The lowest BCUT2D eigenvalue weighted by atomic mass is 10.1. The first-order valence-corrected chi connectivity index (χ1v) is 7.71. The zero-order valence-corrected chi connectivity index (χ0v) is 12.8. The summed E-state index contributed by atoms with van der Waals surface area (Å²) in [4.78, 5) is 26.8. The molecule has 2 N–H and O–H groups in total. The van der Waals surface area contributed by atoms with Crippen LogP contribution in [0, 0.1) is 0 Å². The molecule has 22 heavy (non-hydrogen) atoms. The Kier molecular flexibility index (Phi) is 6.17. The van der Waals surface area contributed by atoms with Crippen molar-refractivity contribution in [3.05, 3.63) is 11.7 Å². The molecular weight excluding hydrogens is 288 g/mol. The number of ether oxygens (including phenoxy) is 1. The fourth-order valence-electron chi connectivity index (χ4n) is 2.16. The van der Waals surface area contributed by atoms with Gasteiger partial charge in [0, 0.05) is 6.54 Å². The minimum absolute atomic E-state index is 0.0694. The molecule has 1 aliphatic heterocycles. The Bertz CT molecular complexity index is 503. The third-order valence-corrected chi connectivity index (χ3v) is 3.38. The van der Waals surface area contributed by atoms with Gasteiger partial charge in [-0.1, -0.05) is 37.8 Å². The number of amides is 2. The van der Waals surface area contributed by atoms with E-state index in [-0.39, 0.29) is 24.8 Å². The summed E-state index contributed by atoms with van der Waals surface area (Å²) in [6.45, 7) is 2.99. The molecule has 0 unspecified atom stereocenters. The van der Waals surface area contributed by atoms with E-state index < -0.39 is 12.1 Å². The quantitative estimate of drug-likeness (QED) is 0.669. The molecule has 1 aromatic rings. The van der Waals surface area contributed by atoms with Gasteiger partial charge in [0.1, 0.15) is 12.6 Å². The molecule has 0 aliphatic carbocycles. The Labute approximate surface area is 129 Å². The molecule has 0 saturated carbocycles. The molecule has 2 amide bonds. The number of carbonyl (C=O) groups is 2. The maximum Gasteiger partial charge on any atom is 0.407 e. The van der Waals surface area contributed by atoms with Crippen molar-refractivity contribution in [3.8, 4) is 0 Å². The van der Waals surface area contributed by atoms with Crippen molar-refractivity contribution in [2.75, 3.05) is 13.2 Å². The van der Waals surface area contributed by atoms with Crippen molar-refractivity contribution in [1.29, 1.82) is 0 Å². The van der Waals surface area contributed by atoms with Gasteiger partial charge in [-0.2, -0.15) is 4.98 Å². The Morgan fingerprint density at radius 2 is 2.18 bits per heavy atom. The third-order valence-electron chi connectivity index (χ3n) is 3.38. The van der Waals surface area contributed by atoms with Crippen LogP contribution >= 0.6 is 0 Å². The van der Waals surface area contributed by atoms with Gasteiger partial charge in [0.25, 0.3) is 5.89 Å². The normalized spacial score (nSPS) is 17.1. The molecule has 0 radical (unpaired) electrons. The minimum Gasteiger partial charge on any atom is -0.447 e. The summed E-state index contributed by atoms with van der Waals surface area (Å²) >= 11 is 0. The molecule has 1 fully saturated rings. The number of alkyl carbamates (subject to hydrolysis) is 1. The number of hydrogen-bond acceptors (Lipinski definition) is 6. The van der Waals surface area contributed by atoms with Gasteiger partial charge < -0.3 is 19.9 Å². The van der Waals surface area contributed by atoms with Crippen LogP contribution in [0.15, 0.2) is 4.52 Å². The van der Waals surface area contributed by atoms with Crippen LogP contribution in [0.4, 0.5) is 4.79 Å². The standard InChI is InChI=1S/C14H22N4O4/c1-2-3-4-5-6-7-15-12(19)8-11-17-13(22-18-11)10-9-21-14(20)16-10/h10H,2-9H2,1H3,(H,15,19)(H,16,20)/t10-/m0/s1. The van der Waals surface area contributed by atoms with Crippen LogP contribution in [0.3, 0.4) is 0 Å². The van der Waals surface area contributed by atoms with Gasteiger partial charge in [0.2, 0.25) is 5.91 Å². The summed E-state index contributed by atoms with van der Waals surface area (Å²) in [6, 6.07) is -0.435. The molecule has 0 bridgehead atoms. The van der Waals surface area contributed by atoms with E-state index in [0.29, 0.717) is 12.4 Å². The molecule has 122 valence electrons. The first kappa shape index (κ1) is 16.3. The minimum atomic E-state index is -0.509. The van der Waals surface area contributed by atoms with Gasteiger partial charge in [-0.3, -0.25) is 4.79 Å². The van der Waals surface area contributed by atoms with Gasteiger partial charge in [-0.15, -0.1) is 0 Å². The number of unbranched alkanes of at least 4 members (excludes halogenated alkanes) is 4. The van der Waals surface area contributed by atoms with Crippen LogP contribution in [0.25, 0.3) is 0 Å². The lowest BCUT2D eigenvalue weighted by Gasteiger charge is -2.03. The Morgan fingerprint density at radius 1 is 1.36 bits per heavy atom. The van der Waals surface area contributed by atoms with Gasteiger partial charge >= 0.3 is 6.09 Å². The molecule has 8 nitrogen and oxygen atoms in total. The molecule has 8 heteroatoms. The van der Waals surface area contributed by atoms with Crippen molar-refractivity contribution >= 4 is 12.0 Å². The summed E-state index contributed by atoms with van der Waals surface area (Å²) in [5.74, 6) is 0.433. The molecule has 1 aromatic heterocycles. The van der Waals surface area contributed by atoms with Crippen LogP contribution in [-0.2, 0) is 16.0 Å². The van der Waals surface area contributed by atoms with E-state index in [1.54, 1.807) is 0 Å². The van der Waals surface area contributed by atoms with Gasteiger partial charge in [-0.05, 0) is 6.42 Å². The lowest BCUT2D eigenvalue weighted by Crippen LogP contribution is -2.26. The second kappa shape index (κ2) is 8.35. The fraction of sp³-hybridized carbons (Fsp3) is 0.714. The van der Waals surface area contributed by atoms with Crippen LogP contribution < -0.4 is 10.6 Å². The van der Waals surface area contributed by atoms with Crippen LogP contribution in [0.2, 0.25) is 0 Å². The predicted octanol–water partition coefficient (Wildman–Crippen LogP) is 1.48. The van der Waals surface area contributed by atoms with E-state index in [4.69, 9.17) is 9.26 Å². The van der Waals surface area contributed by atoms with Gasteiger partial charge in [0.05, 0.1) is 6.42 Å². The predicted molar refractivity (Wildman–Crippen MR) is 77.0 cm³/mol. The highest BCUT2D eigenvalue weighted by molar-refractivity contribution is 5.77. The Morgan fingerprint density at radius 3 is 2.91 bits per heavy atom. The highest BCUT2D eigenvalue weighted by atomic mass is 16.6. The number of aromatic nitrogens is 2. The van der Waals surface area contributed by atoms with Crippen molar-refractivity contribution in [1.82, 2.24) is 20.8 Å². The molecule has 2 heterocycles. The van der Waals surface area contributed by atoms with Crippen LogP contribution in [0.1, 0.15) is 56.8 Å². The van der Waals surface area contributed by atoms with Gasteiger partial charge in [0.15, 0.2) is 5.82 Å². The van der Waals surface area contributed by atoms with E-state index in [2.05, 4.69) is 27.7 Å². The Balaban J connectivity index is 1.66. The van der Waals surface area contributed by atoms with Crippen molar-refractivity contribution < 1.29 is 18.8 Å². The molecule has 0 aromatic carbocycles. The number of cyclic esters (lactones) is 1. The first-order valence-electron chi connectivity index (χ1n) is 7.71.